The Morgan fingerprint density at radius 1 is 1.00 bits per heavy atom. The number of aromatic nitrogens is 3. The summed E-state index contributed by atoms with van der Waals surface area (Å²) in [6.45, 7) is 5.94. The lowest BCUT2D eigenvalue weighted by Gasteiger charge is -2.21. The van der Waals surface area contributed by atoms with Crippen LogP contribution in [0.15, 0.2) is 53.3 Å². The van der Waals surface area contributed by atoms with Crippen LogP contribution in [0, 0.1) is 0 Å². The van der Waals surface area contributed by atoms with E-state index < -0.39 is 11.7 Å². The zero-order valence-corrected chi connectivity index (χ0v) is 17.6. The summed E-state index contributed by atoms with van der Waals surface area (Å²) in [5.41, 5.74) is 0.867. The molecular weight excluding hydrogens is 447 g/mol. The van der Waals surface area contributed by atoms with Crippen LogP contribution in [0.4, 0.5) is 30.6 Å². The SMILES string of the molecule is CC(C)(C)Nc1nc(Nc2ccc(C(F)(F)F)cc2Br)cc(-c2cccnc2)n1. The fraction of sp³-hybridized carbons (Fsp3) is 0.250. The summed E-state index contributed by atoms with van der Waals surface area (Å²) in [7, 11) is 0. The molecule has 0 bridgehead atoms. The summed E-state index contributed by atoms with van der Waals surface area (Å²) >= 11 is 3.20. The number of benzene rings is 1. The Morgan fingerprint density at radius 3 is 2.34 bits per heavy atom. The van der Waals surface area contributed by atoms with Crippen molar-refractivity contribution in [2.45, 2.75) is 32.5 Å². The highest BCUT2D eigenvalue weighted by Crippen LogP contribution is 2.35. The van der Waals surface area contributed by atoms with Crippen molar-refractivity contribution in [2.24, 2.45) is 0 Å². The molecule has 2 heterocycles. The molecule has 29 heavy (non-hydrogen) atoms. The molecule has 0 saturated carbocycles. The maximum absolute atomic E-state index is 12.9. The van der Waals surface area contributed by atoms with Crippen molar-refractivity contribution in [3.63, 3.8) is 0 Å². The second kappa shape index (κ2) is 7.98. The molecule has 0 aliphatic rings. The topological polar surface area (TPSA) is 62.7 Å². The lowest BCUT2D eigenvalue weighted by Crippen LogP contribution is -2.27. The van der Waals surface area contributed by atoms with Crippen LogP contribution in [-0.2, 0) is 6.18 Å². The average molecular weight is 466 g/mol. The quantitative estimate of drug-likeness (QED) is 0.474. The molecule has 0 spiro atoms. The zero-order valence-electron chi connectivity index (χ0n) is 16.0. The van der Waals surface area contributed by atoms with Crippen LogP contribution in [0.2, 0.25) is 0 Å². The van der Waals surface area contributed by atoms with Crippen LogP contribution in [0.3, 0.4) is 0 Å². The molecule has 0 aliphatic carbocycles. The lowest BCUT2D eigenvalue weighted by molar-refractivity contribution is -0.137. The number of rotatable bonds is 4. The van der Waals surface area contributed by atoms with Crippen molar-refractivity contribution in [1.29, 1.82) is 0 Å². The van der Waals surface area contributed by atoms with E-state index in [0.29, 0.717) is 23.1 Å². The summed E-state index contributed by atoms with van der Waals surface area (Å²) in [4.78, 5) is 13.1. The number of alkyl halides is 3. The molecule has 3 aromatic rings. The second-order valence-electron chi connectivity index (χ2n) is 7.40. The molecule has 0 atom stereocenters. The highest BCUT2D eigenvalue weighted by molar-refractivity contribution is 9.10. The van der Waals surface area contributed by atoms with Gasteiger partial charge < -0.3 is 10.6 Å². The summed E-state index contributed by atoms with van der Waals surface area (Å²) < 4.78 is 39.0. The van der Waals surface area contributed by atoms with E-state index in [4.69, 9.17) is 0 Å². The second-order valence-corrected chi connectivity index (χ2v) is 8.25. The number of pyridine rings is 1. The van der Waals surface area contributed by atoms with Crippen molar-refractivity contribution in [1.82, 2.24) is 15.0 Å². The maximum atomic E-state index is 12.9. The molecule has 0 unspecified atom stereocenters. The summed E-state index contributed by atoms with van der Waals surface area (Å²) in [5.74, 6) is 0.829. The molecule has 0 saturated heterocycles. The maximum Gasteiger partial charge on any atom is 0.416 e. The van der Waals surface area contributed by atoms with Crippen LogP contribution in [0.25, 0.3) is 11.3 Å². The van der Waals surface area contributed by atoms with Crippen LogP contribution in [0.1, 0.15) is 26.3 Å². The number of nitrogens with zero attached hydrogens (tertiary/aromatic N) is 3. The molecule has 152 valence electrons. The van der Waals surface area contributed by atoms with E-state index in [0.717, 1.165) is 17.7 Å². The highest BCUT2D eigenvalue weighted by atomic mass is 79.9. The van der Waals surface area contributed by atoms with Gasteiger partial charge in [-0.25, -0.2) is 4.98 Å². The molecule has 0 radical (unpaired) electrons. The molecule has 2 aromatic heterocycles. The molecule has 9 heteroatoms. The summed E-state index contributed by atoms with van der Waals surface area (Å²) in [6.07, 6.45) is -1.06. The Kier molecular flexibility index (Phi) is 5.79. The minimum absolute atomic E-state index is 0.277. The Hall–Kier alpha value is -2.68. The van der Waals surface area contributed by atoms with Crippen LogP contribution >= 0.6 is 15.9 Å². The molecule has 0 aliphatic heterocycles. The lowest BCUT2D eigenvalue weighted by atomic mass is 10.1. The third-order valence-electron chi connectivity index (χ3n) is 3.73. The first-order valence-electron chi connectivity index (χ1n) is 8.73. The van der Waals surface area contributed by atoms with Gasteiger partial charge >= 0.3 is 6.18 Å². The van der Waals surface area contributed by atoms with Gasteiger partial charge in [0.1, 0.15) is 5.82 Å². The predicted octanol–water partition coefficient (Wildman–Crippen LogP) is 6.27. The van der Waals surface area contributed by atoms with Gasteiger partial charge in [-0.1, -0.05) is 0 Å². The largest absolute Gasteiger partial charge is 0.416 e. The summed E-state index contributed by atoms with van der Waals surface area (Å²) in [6, 6.07) is 8.79. The van der Waals surface area contributed by atoms with Gasteiger partial charge in [-0.05, 0) is 67.0 Å². The van der Waals surface area contributed by atoms with Crippen molar-refractivity contribution in [3.8, 4) is 11.3 Å². The van der Waals surface area contributed by atoms with Crippen molar-refractivity contribution in [2.75, 3.05) is 10.6 Å². The summed E-state index contributed by atoms with van der Waals surface area (Å²) in [5, 5.41) is 6.28. The third kappa shape index (κ3) is 5.66. The fourth-order valence-electron chi connectivity index (χ4n) is 2.50. The zero-order chi connectivity index (χ0) is 21.2. The van der Waals surface area contributed by atoms with Gasteiger partial charge in [0, 0.05) is 34.0 Å². The predicted molar refractivity (Wildman–Crippen MR) is 111 cm³/mol. The first-order valence-corrected chi connectivity index (χ1v) is 9.52. The number of hydrogen-bond donors (Lipinski definition) is 2. The molecular formula is C20H19BrF3N5. The molecule has 3 rings (SSSR count). The standard InChI is InChI=1S/C20H19BrF3N5/c1-19(2,3)29-18-27-16(12-5-4-8-25-11-12)10-17(28-18)26-15-7-6-13(9-14(15)21)20(22,23)24/h4-11H,1-3H3,(H2,26,27,28,29). The Balaban J connectivity index is 1.99. The van der Waals surface area contributed by atoms with E-state index >= 15 is 0 Å². The molecule has 0 fully saturated rings. The van der Waals surface area contributed by atoms with Crippen molar-refractivity contribution in [3.05, 3.63) is 58.8 Å². The Morgan fingerprint density at radius 2 is 1.76 bits per heavy atom. The van der Waals surface area contributed by atoms with Crippen LogP contribution in [0.5, 0.6) is 0 Å². The first-order chi connectivity index (χ1) is 13.5. The average Bonchev–Trinajstić information content (AvgIpc) is 2.61. The van der Waals surface area contributed by atoms with E-state index in [1.54, 1.807) is 24.5 Å². The molecule has 0 amide bonds. The van der Waals surface area contributed by atoms with Gasteiger partial charge in [0.25, 0.3) is 0 Å². The van der Waals surface area contributed by atoms with Crippen LogP contribution < -0.4 is 10.6 Å². The first kappa shape index (κ1) is 21.0. The van der Waals surface area contributed by atoms with Gasteiger partial charge in [0.05, 0.1) is 16.9 Å². The number of anilines is 3. The molecule has 1 aromatic carbocycles. The minimum atomic E-state index is -4.41. The number of hydrogen-bond acceptors (Lipinski definition) is 5. The van der Waals surface area contributed by atoms with Crippen molar-refractivity contribution < 1.29 is 13.2 Å². The van der Waals surface area contributed by atoms with Gasteiger partial charge in [0.15, 0.2) is 0 Å². The third-order valence-corrected chi connectivity index (χ3v) is 4.39. The fourth-order valence-corrected chi connectivity index (χ4v) is 2.97. The monoisotopic (exact) mass is 465 g/mol. The van der Waals surface area contributed by atoms with Crippen molar-refractivity contribution >= 4 is 33.4 Å². The molecule has 2 N–H and O–H groups in total. The Bertz CT molecular complexity index is 1000. The van der Waals surface area contributed by atoms with Gasteiger partial charge in [-0.3, -0.25) is 4.98 Å². The van der Waals surface area contributed by atoms with Gasteiger partial charge in [-0.2, -0.15) is 18.2 Å². The number of nitrogens with one attached hydrogen (secondary N) is 2. The highest BCUT2D eigenvalue weighted by Gasteiger charge is 2.30. The van der Waals surface area contributed by atoms with Gasteiger partial charge in [-0.15, -0.1) is 0 Å². The van der Waals surface area contributed by atoms with E-state index in [-0.39, 0.29) is 10.0 Å². The normalized spacial score (nSPS) is 12.0. The number of halogens is 4. The Labute approximate surface area is 174 Å². The molecule has 5 nitrogen and oxygen atoms in total. The minimum Gasteiger partial charge on any atom is -0.350 e. The van der Waals surface area contributed by atoms with Crippen LogP contribution in [-0.4, -0.2) is 20.5 Å². The van der Waals surface area contributed by atoms with E-state index in [1.807, 2.05) is 26.8 Å². The van der Waals surface area contributed by atoms with E-state index in [9.17, 15) is 13.2 Å². The van der Waals surface area contributed by atoms with E-state index in [2.05, 4.69) is 41.5 Å². The van der Waals surface area contributed by atoms with Gasteiger partial charge in [0.2, 0.25) is 5.95 Å². The van der Waals surface area contributed by atoms with E-state index in [1.165, 1.54) is 6.07 Å². The smallest absolute Gasteiger partial charge is 0.350 e.